The lowest BCUT2D eigenvalue weighted by Gasteiger charge is -2.17. The Morgan fingerprint density at radius 3 is 2.40 bits per heavy atom. The molecule has 114 valence electrons. The molecule has 0 fully saturated rings. The minimum absolute atomic E-state index is 0.00951. The van der Waals surface area contributed by atoms with Crippen LogP contribution in [0.25, 0.3) is 0 Å². The summed E-state index contributed by atoms with van der Waals surface area (Å²) in [5.41, 5.74) is 6.65. The van der Waals surface area contributed by atoms with E-state index in [1.54, 1.807) is 12.1 Å². The Bertz CT molecular complexity index is 361. The second kappa shape index (κ2) is 9.63. The van der Waals surface area contributed by atoms with E-state index >= 15 is 0 Å². The van der Waals surface area contributed by atoms with Gasteiger partial charge in [-0.3, -0.25) is 0 Å². The van der Waals surface area contributed by atoms with E-state index in [9.17, 15) is 8.78 Å². The summed E-state index contributed by atoms with van der Waals surface area (Å²) in [7, 11) is 0. The van der Waals surface area contributed by atoms with E-state index in [4.69, 9.17) is 10.8 Å². The largest absolute Gasteiger partial charge is 0.435 e. The minimum Gasteiger partial charge on any atom is -0.435 e. The van der Waals surface area contributed by atoms with Crippen LogP contribution >= 0.6 is 0 Å². The molecular weight excluding hydrogens is 266 g/mol. The van der Waals surface area contributed by atoms with Gasteiger partial charge in [-0.15, -0.1) is 0 Å². The zero-order valence-electron chi connectivity index (χ0n) is 11.4. The third-order valence-corrected chi connectivity index (χ3v) is 2.97. The van der Waals surface area contributed by atoms with Crippen LogP contribution < -0.4 is 15.8 Å². The average Bonchev–Trinajstić information content (AvgIpc) is 2.43. The number of nitrogens with one attached hydrogen (secondary N) is 1. The van der Waals surface area contributed by atoms with Crippen molar-refractivity contribution in [3.8, 4) is 5.75 Å². The summed E-state index contributed by atoms with van der Waals surface area (Å²) in [6.07, 6.45) is 2.72. The van der Waals surface area contributed by atoms with Gasteiger partial charge >= 0.3 is 6.61 Å². The maximum atomic E-state index is 12.0. The lowest BCUT2D eigenvalue weighted by molar-refractivity contribution is -0.0498. The van der Waals surface area contributed by atoms with Crippen molar-refractivity contribution in [2.75, 3.05) is 19.7 Å². The molecule has 4 nitrogen and oxygen atoms in total. The number of rotatable bonds is 10. The summed E-state index contributed by atoms with van der Waals surface area (Å²) in [6.45, 7) is -1.37. The lowest BCUT2D eigenvalue weighted by atomic mass is 10.1. The third-order valence-electron chi connectivity index (χ3n) is 2.97. The van der Waals surface area contributed by atoms with Gasteiger partial charge in [0.05, 0.1) is 0 Å². The van der Waals surface area contributed by atoms with E-state index in [0.29, 0.717) is 6.54 Å². The summed E-state index contributed by atoms with van der Waals surface area (Å²) < 4.78 is 28.4. The minimum atomic E-state index is -2.81. The van der Waals surface area contributed by atoms with Crippen LogP contribution in [0.4, 0.5) is 8.78 Å². The van der Waals surface area contributed by atoms with Crippen molar-refractivity contribution in [1.29, 1.82) is 0 Å². The first kappa shape index (κ1) is 16.8. The van der Waals surface area contributed by atoms with E-state index in [1.807, 2.05) is 0 Å². The van der Waals surface area contributed by atoms with Gasteiger partial charge in [-0.1, -0.05) is 12.1 Å². The van der Waals surface area contributed by atoms with Crippen LogP contribution in [0.5, 0.6) is 5.75 Å². The van der Waals surface area contributed by atoms with Crippen LogP contribution in [-0.2, 0) is 0 Å². The molecule has 6 heteroatoms. The van der Waals surface area contributed by atoms with Crippen molar-refractivity contribution in [2.45, 2.75) is 31.9 Å². The number of halogens is 2. The Hall–Kier alpha value is -1.24. The number of ether oxygens (including phenoxy) is 1. The van der Waals surface area contributed by atoms with Crippen LogP contribution in [0.3, 0.4) is 0 Å². The van der Waals surface area contributed by atoms with Gasteiger partial charge in [0.2, 0.25) is 0 Å². The maximum Gasteiger partial charge on any atom is 0.387 e. The van der Waals surface area contributed by atoms with E-state index in [0.717, 1.165) is 31.4 Å². The normalized spacial score (nSPS) is 12.7. The molecular formula is C14H22F2N2O2. The molecule has 0 radical (unpaired) electrons. The number of aliphatic hydroxyl groups excluding tert-OH is 1. The predicted octanol–water partition coefficient (Wildman–Crippen LogP) is 2.04. The molecule has 0 aromatic heterocycles. The highest BCUT2D eigenvalue weighted by Gasteiger charge is 2.10. The second-order valence-corrected chi connectivity index (χ2v) is 4.47. The highest BCUT2D eigenvalue weighted by Crippen LogP contribution is 2.19. The molecule has 0 aliphatic rings. The van der Waals surface area contributed by atoms with E-state index < -0.39 is 6.61 Å². The van der Waals surface area contributed by atoms with Crippen molar-refractivity contribution in [3.05, 3.63) is 29.8 Å². The first-order valence-electron chi connectivity index (χ1n) is 6.76. The lowest BCUT2D eigenvalue weighted by Crippen LogP contribution is -2.29. The van der Waals surface area contributed by atoms with Crippen molar-refractivity contribution < 1.29 is 18.6 Å². The molecule has 0 saturated carbocycles. The van der Waals surface area contributed by atoms with Gasteiger partial charge < -0.3 is 20.9 Å². The van der Waals surface area contributed by atoms with Crippen LogP contribution in [0, 0.1) is 0 Å². The van der Waals surface area contributed by atoms with Crippen molar-refractivity contribution >= 4 is 0 Å². The monoisotopic (exact) mass is 288 g/mol. The maximum absolute atomic E-state index is 12.0. The van der Waals surface area contributed by atoms with Gasteiger partial charge in [-0.2, -0.15) is 8.78 Å². The van der Waals surface area contributed by atoms with E-state index in [2.05, 4.69) is 10.1 Å². The van der Waals surface area contributed by atoms with Crippen LogP contribution in [0.15, 0.2) is 24.3 Å². The summed E-state index contributed by atoms with van der Waals surface area (Å²) in [5, 5.41) is 12.0. The molecule has 0 saturated heterocycles. The second-order valence-electron chi connectivity index (χ2n) is 4.47. The number of hydrogen-bond donors (Lipinski definition) is 3. The number of benzene rings is 1. The molecule has 1 atom stereocenters. The van der Waals surface area contributed by atoms with Crippen molar-refractivity contribution in [1.82, 2.24) is 5.32 Å². The first-order chi connectivity index (χ1) is 9.67. The number of nitrogens with two attached hydrogens (primary N) is 1. The summed E-state index contributed by atoms with van der Waals surface area (Å²) in [5.74, 6) is 0.141. The highest BCUT2D eigenvalue weighted by molar-refractivity contribution is 5.29. The Balaban J connectivity index is 2.44. The Labute approximate surface area is 117 Å². The summed E-state index contributed by atoms with van der Waals surface area (Å²) >= 11 is 0. The fraction of sp³-hybridized carbons (Fsp3) is 0.571. The molecule has 0 heterocycles. The predicted molar refractivity (Wildman–Crippen MR) is 73.8 cm³/mol. The van der Waals surface area contributed by atoms with E-state index in [1.165, 1.54) is 12.1 Å². The standard InChI is InChI=1S/C14H22F2N2O2/c15-14(16)20-12-6-4-11(5-7-12)13(10-17)18-8-2-1-3-9-19/h4-7,13-14,18-19H,1-3,8-10,17H2. The van der Waals surface area contributed by atoms with Crippen LogP contribution in [-0.4, -0.2) is 31.4 Å². The van der Waals surface area contributed by atoms with Gasteiger partial charge in [0, 0.05) is 19.2 Å². The quantitative estimate of drug-likeness (QED) is 0.576. The van der Waals surface area contributed by atoms with Crippen molar-refractivity contribution in [3.63, 3.8) is 0 Å². The Morgan fingerprint density at radius 2 is 1.85 bits per heavy atom. The van der Waals surface area contributed by atoms with Gasteiger partial charge in [0.25, 0.3) is 0 Å². The average molecular weight is 288 g/mol. The molecule has 1 aromatic carbocycles. The molecule has 0 aliphatic carbocycles. The number of hydrogen-bond acceptors (Lipinski definition) is 4. The molecule has 0 bridgehead atoms. The van der Waals surface area contributed by atoms with Crippen molar-refractivity contribution in [2.24, 2.45) is 5.73 Å². The highest BCUT2D eigenvalue weighted by atomic mass is 19.3. The van der Waals surface area contributed by atoms with Crippen LogP contribution in [0.2, 0.25) is 0 Å². The fourth-order valence-corrected chi connectivity index (χ4v) is 1.91. The number of alkyl halides is 2. The molecule has 4 N–H and O–H groups in total. The fourth-order valence-electron chi connectivity index (χ4n) is 1.91. The number of aliphatic hydroxyl groups is 1. The Kier molecular flexibility index (Phi) is 8.10. The zero-order chi connectivity index (χ0) is 14.8. The van der Waals surface area contributed by atoms with Gasteiger partial charge in [0.15, 0.2) is 0 Å². The molecule has 1 aromatic rings. The smallest absolute Gasteiger partial charge is 0.387 e. The SMILES string of the molecule is NCC(NCCCCCO)c1ccc(OC(F)F)cc1. The summed E-state index contributed by atoms with van der Waals surface area (Å²) in [4.78, 5) is 0. The van der Waals surface area contributed by atoms with Gasteiger partial charge in [0.1, 0.15) is 5.75 Å². The topological polar surface area (TPSA) is 67.5 Å². The number of unbranched alkanes of at least 4 members (excludes halogenated alkanes) is 2. The van der Waals surface area contributed by atoms with Gasteiger partial charge in [-0.05, 0) is 43.5 Å². The van der Waals surface area contributed by atoms with Gasteiger partial charge in [-0.25, -0.2) is 0 Å². The first-order valence-corrected chi connectivity index (χ1v) is 6.76. The summed E-state index contributed by atoms with van der Waals surface area (Å²) in [6, 6.07) is 6.48. The zero-order valence-corrected chi connectivity index (χ0v) is 11.4. The third kappa shape index (κ3) is 6.27. The van der Waals surface area contributed by atoms with Crippen LogP contribution in [0.1, 0.15) is 30.9 Å². The Morgan fingerprint density at radius 1 is 1.15 bits per heavy atom. The van der Waals surface area contributed by atoms with E-state index in [-0.39, 0.29) is 18.4 Å². The molecule has 0 spiro atoms. The molecule has 20 heavy (non-hydrogen) atoms. The molecule has 1 rings (SSSR count). The molecule has 1 unspecified atom stereocenters. The molecule has 0 aliphatic heterocycles. The molecule has 0 amide bonds.